The predicted octanol–water partition coefficient (Wildman–Crippen LogP) is 1.08. The molecule has 0 spiro atoms. The van der Waals surface area contributed by atoms with Gasteiger partial charge >= 0.3 is 5.97 Å². The van der Waals surface area contributed by atoms with Gasteiger partial charge in [-0.15, -0.1) is 0 Å². The Morgan fingerprint density at radius 2 is 2.03 bits per heavy atom. The molecule has 4 rings (SSSR count). The van der Waals surface area contributed by atoms with Crippen LogP contribution in [0.1, 0.15) is 39.5 Å². The van der Waals surface area contributed by atoms with E-state index in [0.29, 0.717) is 42.0 Å². The molecule has 11 heteroatoms. The summed E-state index contributed by atoms with van der Waals surface area (Å²) in [6.07, 6.45) is 2.33. The molecule has 1 aliphatic rings. The van der Waals surface area contributed by atoms with Crippen molar-refractivity contribution in [2.24, 2.45) is 0 Å². The Balaban J connectivity index is 1.32. The minimum absolute atomic E-state index is 0.0925. The van der Waals surface area contributed by atoms with Crippen molar-refractivity contribution >= 4 is 28.7 Å². The molecule has 1 aromatic carbocycles. The van der Waals surface area contributed by atoms with Gasteiger partial charge in [0.2, 0.25) is 5.91 Å². The summed E-state index contributed by atoms with van der Waals surface area (Å²) in [5.41, 5.74) is 0.596. The van der Waals surface area contributed by atoms with Crippen LogP contribution >= 0.6 is 0 Å². The van der Waals surface area contributed by atoms with Crippen LogP contribution in [-0.2, 0) is 16.0 Å². The van der Waals surface area contributed by atoms with Crippen molar-refractivity contribution in [1.29, 1.82) is 0 Å². The quantitative estimate of drug-likeness (QED) is 0.479. The number of benzene rings is 1. The Bertz CT molecular complexity index is 1320. The monoisotopic (exact) mass is 479 g/mol. The summed E-state index contributed by atoms with van der Waals surface area (Å²) in [6, 6.07) is 7.82. The molecule has 2 amide bonds. The standard InChI is InChI=1S/C24H25N5O6/c1-34-18-5-3-4-16-21(18)27-19(28-22(16)31)8-9-20(30)29-11-10-15(13-29)26-23(32)17-7-6-14(12-25-17)24(33)35-2/h3-7,12,15H,8-11,13H2,1-2H3,(H,26,32)(H,27,28,31)/t15-/m0/s1. The second kappa shape index (κ2) is 10.3. The van der Waals surface area contributed by atoms with Crippen molar-refractivity contribution < 1.29 is 23.9 Å². The maximum Gasteiger partial charge on any atom is 0.339 e. The number of aromatic nitrogens is 3. The molecule has 2 aromatic heterocycles. The fourth-order valence-corrected chi connectivity index (χ4v) is 3.98. The van der Waals surface area contributed by atoms with E-state index >= 15 is 0 Å². The third-order valence-corrected chi connectivity index (χ3v) is 5.84. The largest absolute Gasteiger partial charge is 0.494 e. The second-order valence-corrected chi connectivity index (χ2v) is 8.09. The first-order valence-electron chi connectivity index (χ1n) is 11.1. The number of carbonyl (C=O) groups is 3. The van der Waals surface area contributed by atoms with Gasteiger partial charge in [-0.1, -0.05) is 6.07 Å². The zero-order valence-electron chi connectivity index (χ0n) is 19.4. The number of nitrogens with one attached hydrogen (secondary N) is 2. The number of fused-ring (bicyclic) bond motifs is 1. The molecule has 3 aromatic rings. The minimum atomic E-state index is -0.531. The highest BCUT2D eigenvalue weighted by Crippen LogP contribution is 2.21. The first-order valence-corrected chi connectivity index (χ1v) is 11.1. The molecule has 2 N–H and O–H groups in total. The van der Waals surface area contributed by atoms with Crippen molar-refractivity contribution in [3.05, 3.63) is 64.0 Å². The van der Waals surface area contributed by atoms with Crippen LogP contribution in [0.15, 0.2) is 41.3 Å². The van der Waals surface area contributed by atoms with Gasteiger partial charge in [-0.05, 0) is 30.7 Å². The molecule has 0 radical (unpaired) electrons. The zero-order chi connectivity index (χ0) is 24.9. The van der Waals surface area contributed by atoms with E-state index in [-0.39, 0.29) is 47.5 Å². The van der Waals surface area contributed by atoms with E-state index in [4.69, 9.17) is 4.74 Å². The first kappa shape index (κ1) is 23.9. The van der Waals surface area contributed by atoms with Gasteiger partial charge in [-0.25, -0.2) is 9.78 Å². The molecular formula is C24H25N5O6. The van der Waals surface area contributed by atoms with Crippen LogP contribution in [0.2, 0.25) is 0 Å². The molecule has 3 heterocycles. The Morgan fingerprint density at radius 1 is 1.20 bits per heavy atom. The number of H-pyrrole nitrogens is 1. The van der Waals surface area contributed by atoms with Crippen molar-refractivity contribution in [1.82, 2.24) is 25.2 Å². The number of rotatable bonds is 7. The highest BCUT2D eigenvalue weighted by molar-refractivity contribution is 5.94. The van der Waals surface area contributed by atoms with Gasteiger partial charge in [0, 0.05) is 38.2 Å². The molecule has 182 valence electrons. The molecule has 1 aliphatic heterocycles. The minimum Gasteiger partial charge on any atom is -0.494 e. The third-order valence-electron chi connectivity index (χ3n) is 5.84. The Labute approximate surface area is 200 Å². The van der Waals surface area contributed by atoms with Gasteiger partial charge in [0.15, 0.2) is 0 Å². The second-order valence-electron chi connectivity index (χ2n) is 8.09. The van der Waals surface area contributed by atoms with Crippen LogP contribution in [0.4, 0.5) is 0 Å². The molecule has 1 atom stereocenters. The van der Waals surface area contributed by atoms with Crippen LogP contribution in [-0.4, -0.2) is 71.0 Å². The molecule has 11 nitrogen and oxygen atoms in total. The number of ether oxygens (including phenoxy) is 2. The van der Waals surface area contributed by atoms with Crippen LogP contribution in [0.25, 0.3) is 10.9 Å². The summed E-state index contributed by atoms with van der Waals surface area (Å²) in [5, 5.41) is 3.29. The van der Waals surface area contributed by atoms with E-state index in [1.54, 1.807) is 23.1 Å². The summed E-state index contributed by atoms with van der Waals surface area (Å²) >= 11 is 0. The highest BCUT2D eigenvalue weighted by atomic mass is 16.5. The van der Waals surface area contributed by atoms with E-state index in [2.05, 4.69) is 25.0 Å². The summed E-state index contributed by atoms with van der Waals surface area (Å²) < 4.78 is 9.91. The normalized spacial score (nSPS) is 15.1. The number of hydrogen-bond acceptors (Lipinski definition) is 8. The average Bonchev–Trinajstić information content (AvgIpc) is 3.35. The third kappa shape index (κ3) is 5.29. The van der Waals surface area contributed by atoms with Gasteiger partial charge in [0.25, 0.3) is 11.5 Å². The van der Waals surface area contributed by atoms with Gasteiger partial charge in [-0.3, -0.25) is 19.4 Å². The van der Waals surface area contributed by atoms with Crippen molar-refractivity contribution in [2.45, 2.75) is 25.3 Å². The maximum absolute atomic E-state index is 12.7. The fraction of sp³-hybridized carbons (Fsp3) is 0.333. The van der Waals surface area contributed by atoms with E-state index in [1.807, 2.05) is 0 Å². The van der Waals surface area contributed by atoms with Crippen LogP contribution in [0.3, 0.4) is 0 Å². The molecule has 0 bridgehead atoms. The van der Waals surface area contributed by atoms with E-state index in [1.165, 1.54) is 32.5 Å². The zero-order valence-corrected chi connectivity index (χ0v) is 19.4. The number of nitrogens with zero attached hydrogens (tertiary/aromatic N) is 3. The molecule has 1 fully saturated rings. The van der Waals surface area contributed by atoms with Crippen LogP contribution in [0.5, 0.6) is 5.75 Å². The Kier molecular flexibility index (Phi) is 7.04. The number of likely N-dealkylation sites (tertiary alicyclic amines) is 1. The first-order chi connectivity index (χ1) is 16.9. The lowest BCUT2D eigenvalue weighted by atomic mass is 10.2. The number of pyridine rings is 1. The molecule has 1 saturated heterocycles. The molecule has 0 aliphatic carbocycles. The molecule has 0 saturated carbocycles. The molecule has 35 heavy (non-hydrogen) atoms. The smallest absolute Gasteiger partial charge is 0.339 e. The maximum atomic E-state index is 12.7. The summed E-state index contributed by atoms with van der Waals surface area (Å²) in [5.74, 6) is -0.103. The lowest BCUT2D eigenvalue weighted by molar-refractivity contribution is -0.130. The Hall–Kier alpha value is -4.28. The van der Waals surface area contributed by atoms with Gasteiger partial charge in [-0.2, -0.15) is 0 Å². The van der Waals surface area contributed by atoms with Gasteiger partial charge < -0.3 is 24.7 Å². The van der Waals surface area contributed by atoms with Crippen LogP contribution in [0, 0.1) is 0 Å². The van der Waals surface area contributed by atoms with E-state index in [0.717, 1.165) is 0 Å². The lowest BCUT2D eigenvalue weighted by Gasteiger charge is -2.17. The number of aryl methyl sites for hydroxylation is 1. The number of para-hydroxylation sites is 1. The molecule has 0 unspecified atom stereocenters. The summed E-state index contributed by atoms with van der Waals surface area (Å²) in [7, 11) is 2.78. The lowest BCUT2D eigenvalue weighted by Crippen LogP contribution is -2.38. The van der Waals surface area contributed by atoms with E-state index < -0.39 is 5.97 Å². The fourth-order valence-electron chi connectivity index (χ4n) is 3.98. The van der Waals surface area contributed by atoms with Crippen molar-refractivity contribution in [3.8, 4) is 5.75 Å². The van der Waals surface area contributed by atoms with Crippen molar-refractivity contribution in [3.63, 3.8) is 0 Å². The average molecular weight is 479 g/mol. The number of methoxy groups -OCH3 is 2. The topological polar surface area (TPSA) is 144 Å². The summed E-state index contributed by atoms with van der Waals surface area (Å²) in [4.78, 5) is 62.0. The highest BCUT2D eigenvalue weighted by Gasteiger charge is 2.28. The predicted molar refractivity (Wildman–Crippen MR) is 125 cm³/mol. The number of esters is 1. The Morgan fingerprint density at radius 3 is 2.74 bits per heavy atom. The number of aromatic amines is 1. The number of amides is 2. The van der Waals surface area contributed by atoms with E-state index in [9.17, 15) is 19.2 Å². The van der Waals surface area contributed by atoms with Crippen molar-refractivity contribution in [2.75, 3.05) is 27.3 Å². The van der Waals surface area contributed by atoms with Crippen LogP contribution < -0.4 is 15.6 Å². The van der Waals surface area contributed by atoms with Gasteiger partial charge in [0.1, 0.15) is 22.8 Å². The number of carbonyl (C=O) groups excluding carboxylic acids is 3. The SMILES string of the molecule is COC(=O)c1ccc(C(=O)N[C@H]2CCN(C(=O)CCc3nc4c(OC)cccc4c(=O)[nH]3)C2)nc1. The summed E-state index contributed by atoms with van der Waals surface area (Å²) in [6.45, 7) is 0.883. The van der Waals surface area contributed by atoms with Gasteiger partial charge in [0.05, 0.1) is 25.2 Å². The number of hydrogen-bond donors (Lipinski definition) is 2. The molecular weight excluding hydrogens is 454 g/mol.